The molecule has 2 N–H and O–H groups in total. The smallest absolute Gasteiger partial charge is 0.128 e. The molecule has 0 aliphatic heterocycles. The van der Waals surface area contributed by atoms with E-state index in [4.69, 9.17) is 5.73 Å². The van der Waals surface area contributed by atoms with Crippen LogP contribution < -0.4 is 10.6 Å². The van der Waals surface area contributed by atoms with Gasteiger partial charge in [0.1, 0.15) is 5.82 Å². The van der Waals surface area contributed by atoms with Gasteiger partial charge in [-0.15, -0.1) is 0 Å². The van der Waals surface area contributed by atoms with E-state index in [2.05, 4.69) is 49.8 Å². The molecule has 1 fully saturated rings. The predicted molar refractivity (Wildman–Crippen MR) is 81.6 cm³/mol. The van der Waals surface area contributed by atoms with Crippen molar-refractivity contribution in [2.75, 3.05) is 11.9 Å². The average Bonchev–Trinajstić information content (AvgIpc) is 2.38. The van der Waals surface area contributed by atoms with Crippen LogP contribution in [0.1, 0.15) is 52.0 Å². The summed E-state index contributed by atoms with van der Waals surface area (Å²) in [7, 11) is 2.15. The summed E-state index contributed by atoms with van der Waals surface area (Å²) in [5.41, 5.74) is 7.43. The van der Waals surface area contributed by atoms with Crippen molar-refractivity contribution in [1.29, 1.82) is 0 Å². The van der Waals surface area contributed by atoms with Gasteiger partial charge >= 0.3 is 0 Å². The first-order chi connectivity index (χ1) is 8.88. The van der Waals surface area contributed by atoms with Crippen LogP contribution in [0.15, 0.2) is 18.3 Å². The van der Waals surface area contributed by atoms with Gasteiger partial charge in [-0.3, -0.25) is 0 Å². The Morgan fingerprint density at radius 1 is 1.16 bits per heavy atom. The van der Waals surface area contributed by atoms with Crippen molar-refractivity contribution in [2.45, 2.75) is 64.0 Å². The second kappa shape index (κ2) is 5.49. The van der Waals surface area contributed by atoms with E-state index in [1.165, 1.54) is 18.4 Å². The van der Waals surface area contributed by atoms with Crippen LogP contribution in [0.4, 0.5) is 5.82 Å². The van der Waals surface area contributed by atoms with E-state index < -0.39 is 0 Å². The standard InChI is InChI=1S/C16H27N3/c1-16(2,3)12-5-10-15(18-11-12)19(4)14-8-6-13(17)7-9-14/h5,10-11,13-14H,6-9,17H2,1-4H3. The number of nitrogens with two attached hydrogens (primary N) is 1. The van der Waals surface area contributed by atoms with Gasteiger partial charge in [-0.05, 0) is 42.7 Å². The van der Waals surface area contributed by atoms with Crippen molar-refractivity contribution < 1.29 is 0 Å². The molecule has 0 unspecified atom stereocenters. The second-order valence-electron chi connectivity index (χ2n) is 6.83. The van der Waals surface area contributed by atoms with Crippen LogP contribution >= 0.6 is 0 Å². The molecule has 1 aromatic rings. The van der Waals surface area contributed by atoms with Gasteiger partial charge in [-0.1, -0.05) is 26.8 Å². The number of rotatable bonds is 2. The van der Waals surface area contributed by atoms with Crippen molar-refractivity contribution in [2.24, 2.45) is 5.73 Å². The Labute approximate surface area is 117 Å². The van der Waals surface area contributed by atoms with Crippen LogP contribution in [0, 0.1) is 0 Å². The molecule has 1 aromatic heterocycles. The molecule has 1 heterocycles. The maximum absolute atomic E-state index is 5.97. The van der Waals surface area contributed by atoms with Crippen molar-refractivity contribution in [3.05, 3.63) is 23.9 Å². The number of anilines is 1. The first-order valence-corrected chi connectivity index (χ1v) is 7.33. The summed E-state index contributed by atoms with van der Waals surface area (Å²) in [6, 6.07) is 5.34. The van der Waals surface area contributed by atoms with Crippen molar-refractivity contribution in [1.82, 2.24) is 4.98 Å². The molecule has 0 radical (unpaired) electrons. The fraction of sp³-hybridized carbons (Fsp3) is 0.688. The fourth-order valence-corrected chi connectivity index (χ4v) is 2.71. The lowest BCUT2D eigenvalue weighted by Crippen LogP contribution is -2.39. The fourth-order valence-electron chi connectivity index (χ4n) is 2.71. The number of nitrogens with zero attached hydrogens (tertiary/aromatic N) is 2. The zero-order valence-electron chi connectivity index (χ0n) is 12.7. The van der Waals surface area contributed by atoms with Gasteiger partial charge in [0.15, 0.2) is 0 Å². The largest absolute Gasteiger partial charge is 0.357 e. The van der Waals surface area contributed by atoms with Crippen LogP contribution in [0.2, 0.25) is 0 Å². The van der Waals surface area contributed by atoms with Crippen LogP contribution in [0.5, 0.6) is 0 Å². The molecule has 106 valence electrons. The van der Waals surface area contributed by atoms with Crippen LogP contribution in [-0.2, 0) is 5.41 Å². The molecule has 3 heteroatoms. The summed E-state index contributed by atoms with van der Waals surface area (Å²) in [6.45, 7) is 6.65. The lowest BCUT2D eigenvalue weighted by molar-refractivity contribution is 0.383. The first kappa shape index (κ1) is 14.3. The molecule has 0 aromatic carbocycles. The van der Waals surface area contributed by atoms with Crippen molar-refractivity contribution >= 4 is 5.82 Å². The van der Waals surface area contributed by atoms with E-state index in [9.17, 15) is 0 Å². The Kier molecular flexibility index (Phi) is 4.14. The molecule has 1 aliphatic carbocycles. The molecular formula is C16H27N3. The molecule has 0 amide bonds. The lowest BCUT2D eigenvalue weighted by atomic mass is 9.88. The number of hydrogen-bond donors (Lipinski definition) is 1. The summed E-state index contributed by atoms with van der Waals surface area (Å²) in [5, 5.41) is 0. The summed E-state index contributed by atoms with van der Waals surface area (Å²) in [6.07, 6.45) is 6.64. The highest BCUT2D eigenvalue weighted by Gasteiger charge is 2.23. The molecular weight excluding hydrogens is 234 g/mol. The summed E-state index contributed by atoms with van der Waals surface area (Å²) >= 11 is 0. The second-order valence-corrected chi connectivity index (χ2v) is 6.83. The van der Waals surface area contributed by atoms with Crippen molar-refractivity contribution in [3.63, 3.8) is 0 Å². The van der Waals surface area contributed by atoms with E-state index >= 15 is 0 Å². The monoisotopic (exact) mass is 261 g/mol. The Hall–Kier alpha value is -1.09. The Bertz CT molecular complexity index is 397. The highest BCUT2D eigenvalue weighted by molar-refractivity contribution is 5.40. The minimum atomic E-state index is 0.168. The van der Waals surface area contributed by atoms with E-state index in [1.807, 2.05) is 6.20 Å². The van der Waals surface area contributed by atoms with Gasteiger partial charge in [-0.2, -0.15) is 0 Å². The van der Waals surface area contributed by atoms with Gasteiger partial charge in [0.25, 0.3) is 0 Å². The molecule has 0 saturated heterocycles. The van der Waals surface area contributed by atoms with Gasteiger partial charge in [0, 0.05) is 25.3 Å². The van der Waals surface area contributed by atoms with E-state index in [0.29, 0.717) is 12.1 Å². The summed E-state index contributed by atoms with van der Waals surface area (Å²) in [4.78, 5) is 6.95. The minimum absolute atomic E-state index is 0.168. The SMILES string of the molecule is CN(c1ccc(C(C)(C)C)cn1)C1CCC(N)CC1. The average molecular weight is 261 g/mol. The normalized spacial score (nSPS) is 24.3. The topological polar surface area (TPSA) is 42.2 Å². The third-order valence-electron chi connectivity index (χ3n) is 4.26. The number of hydrogen-bond acceptors (Lipinski definition) is 3. The van der Waals surface area contributed by atoms with Gasteiger partial charge in [-0.25, -0.2) is 4.98 Å². The predicted octanol–water partition coefficient (Wildman–Crippen LogP) is 3.09. The number of pyridine rings is 1. The van der Waals surface area contributed by atoms with Gasteiger partial charge in [0.05, 0.1) is 0 Å². The molecule has 0 atom stereocenters. The quantitative estimate of drug-likeness (QED) is 0.889. The van der Waals surface area contributed by atoms with Crippen LogP contribution in [0.3, 0.4) is 0 Å². The van der Waals surface area contributed by atoms with E-state index in [1.54, 1.807) is 0 Å². The third-order valence-corrected chi connectivity index (χ3v) is 4.26. The molecule has 19 heavy (non-hydrogen) atoms. The maximum Gasteiger partial charge on any atom is 0.128 e. The minimum Gasteiger partial charge on any atom is -0.357 e. The van der Waals surface area contributed by atoms with Crippen LogP contribution in [0.25, 0.3) is 0 Å². The molecule has 0 spiro atoms. The van der Waals surface area contributed by atoms with Gasteiger partial charge in [0.2, 0.25) is 0 Å². The molecule has 0 bridgehead atoms. The maximum atomic E-state index is 5.97. The third kappa shape index (κ3) is 3.47. The molecule has 3 nitrogen and oxygen atoms in total. The molecule has 1 aliphatic rings. The zero-order chi connectivity index (χ0) is 14.0. The molecule has 1 saturated carbocycles. The highest BCUT2D eigenvalue weighted by Crippen LogP contribution is 2.26. The van der Waals surface area contributed by atoms with E-state index in [0.717, 1.165) is 18.7 Å². The van der Waals surface area contributed by atoms with Crippen molar-refractivity contribution in [3.8, 4) is 0 Å². The highest BCUT2D eigenvalue weighted by atomic mass is 15.2. The van der Waals surface area contributed by atoms with E-state index in [-0.39, 0.29) is 5.41 Å². The lowest BCUT2D eigenvalue weighted by Gasteiger charge is -2.34. The Balaban J connectivity index is 2.05. The number of aromatic nitrogens is 1. The summed E-state index contributed by atoms with van der Waals surface area (Å²) < 4.78 is 0. The summed E-state index contributed by atoms with van der Waals surface area (Å²) in [5.74, 6) is 1.08. The Morgan fingerprint density at radius 3 is 2.26 bits per heavy atom. The molecule has 2 rings (SSSR count). The van der Waals surface area contributed by atoms with Crippen LogP contribution in [-0.4, -0.2) is 24.1 Å². The van der Waals surface area contributed by atoms with Gasteiger partial charge < -0.3 is 10.6 Å². The Morgan fingerprint density at radius 2 is 1.79 bits per heavy atom. The zero-order valence-corrected chi connectivity index (χ0v) is 12.7. The first-order valence-electron chi connectivity index (χ1n) is 7.33.